The van der Waals surface area contributed by atoms with Crippen molar-refractivity contribution in [1.29, 1.82) is 5.26 Å². The lowest BCUT2D eigenvalue weighted by Crippen LogP contribution is -2.05. The van der Waals surface area contributed by atoms with Gasteiger partial charge in [-0.25, -0.2) is 0 Å². The lowest BCUT2D eigenvalue weighted by atomic mass is 10.0. The molecule has 0 bridgehead atoms. The Hall–Kier alpha value is -2.61. The van der Waals surface area contributed by atoms with Gasteiger partial charge in [0, 0.05) is 0 Å². The quantitative estimate of drug-likeness (QED) is 0.871. The number of aromatic nitrogens is 2. The summed E-state index contributed by atoms with van der Waals surface area (Å²) in [6, 6.07) is 7.66. The van der Waals surface area contributed by atoms with Gasteiger partial charge in [0.05, 0.1) is 11.4 Å². The van der Waals surface area contributed by atoms with Crippen LogP contribution in [0, 0.1) is 18.3 Å². The van der Waals surface area contributed by atoms with Crippen molar-refractivity contribution in [3.05, 3.63) is 40.6 Å². The molecule has 0 aliphatic heterocycles. The first kappa shape index (κ1) is 14.8. The van der Waals surface area contributed by atoms with E-state index >= 15 is 0 Å². The summed E-state index contributed by atoms with van der Waals surface area (Å²) in [6.07, 6.45) is 1.44. The smallest absolute Gasteiger partial charge is 0.257 e. The summed E-state index contributed by atoms with van der Waals surface area (Å²) < 4.78 is 5.73. The second kappa shape index (κ2) is 6.23. The molecule has 0 saturated heterocycles. The summed E-state index contributed by atoms with van der Waals surface area (Å²) in [4.78, 5) is 0. The Labute approximate surface area is 124 Å². The minimum atomic E-state index is 0.212. The Kier molecular flexibility index (Phi) is 4.39. The van der Waals surface area contributed by atoms with Gasteiger partial charge in [-0.05, 0) is 43.0 Å². The zero-order chi connectivity index (χ0) is 15.4. The van der Waals surface area contributed by atoms with E-state index in [-0.39, 0.29) is 5.88 Å². The number of nitrogen functional groups attached to an aromatic ring is 1. The van der Waals surface area contributed by atoms with Crippen LogP contribution >= 0.6 is 0 Å². The van der Waals surface area contributed by atoms with Gasteiger partial charge in [-0.3, -0.25) is 0 Å². The number of nitrogens with zero attached hydrogens (tertiary/aromatic N) is 3. The monoisotopic (exact) mass is 282 g/mol. The second-order valence-electron chi connectivity index (χ2n) is 4.77. The third kappa shape index (κ3) is 2.95. The van der Waals surface area contributed by atoms with Crippen LogP contribution in [0.3, 0.4) is 0 Å². The third-order valence-electron chi connectivity index (χ3n) is 3.30. The first-order chi connectivity index (χ1) is 10.1. The van der Waals surface area contributed by atoms with E-state index in [1.54, 1.807) is 6.07 Å². The van der Waals surface area contributed by atoms with Crippen LogP contribution in [0.4, 0.5) is 5.69 Å². The van der Waals surface area contributed by atoms with Gasteiger partial charge in [0.25, 0.3) is 5.88 Å². The van der Waals surface area contributed by atoms with E-state index in [4.69, 9.17) is 10.5 Å². The van der Waals surface area contributed by atoms with Gasteiger partial charge >= 0.3 is 0 Å². The van der Waals surface area contributed by atoms with Crippen molar-refractivity contribution in [3.8, 4) is 17.7 Å². The summed E-state index contributed by atoms with van der Waals surface area (Å²) in [7, 11) is 0. The molecular weight excluding hydrogens is 264 g/mol. The topological polar surface area (TPSA) is 84.8 Å². The van der Waals surface area contributed by atoms with E-state index < -0.39 is 0 Å². The zero-order valence-corrected chi connectivity index (χ0v) is 12.5. The van der Waals surface area contributed by atoms with E-state index in [1.807, 2.05) is 32.9 Å². The maximum Gasteiger partial charge on any atom is 0.257 e. The lowest BCUT2D eigenvalue weighted by Gasteiger charge is -2.12. The standard InChI is InChI=1S/C16H18N4O/c1-4-11-12(9-17)16(20-19-14(11)5-2)21-15-8-10(3)6-7-13(15)18/h6-8H,4-5,18H2,1-3H3. The van der Waals surface area contributed by atoms with Crippen LogP contribution in [0.2, 0.25) is 0 Å². The van der Waals surface area contributed by atoms with E-state index in [2.05, 4.69) is 16.3 Å². The number of benzene rings is 1. The minimum Gasteiger partial charge on any atom is -0.434 e. The molecule has 2 rings (SSSR count). The molecule has 0 fully saturated rings. The summed E-state index contributed by atoms with van der Waals surface area (Å²) >= 11 is 0. The van der Waals surface area contributed by atoms with Crippen LogP contribution < -0.4 is 10.5 Å². The summed E-state index contributed by atoms with van der Waals surface area (Å²) in [5.74, 6) is 0.705. The zero-order valence-electron chi connectivity index (χ0n) is 12.5. The Balaban J connectivity index is 2.50. The maximum absolute atomic E-state index is 9.42. The molecule has 2 aromatic rings. The fraction of sp³-hybridized carbons (Fsp3) is 0.312. The van der Waals surface area contributed by atoms with Gasteiger partial charge in [0.2, 0.25) is 0 Å². The second-order valence-corrected chi connectivity index (χ2v) is 4.77. The molecule has 0 aliphatic carbocycles. The molecule has 0 spiro atoms. The van der Waals surface area contributed by atoms with Crippen LogP contribution in [-0.2, 0) is 12.8 Å². The van der Waals surface area contributed by atoms with Crippen molar-refractivity contribution >= 4 is 5.69 Å². The fourth-order valence-corrected chi connectivity index (χ4v) is 2.18. The summed E-state index contributed by atoms with van der Waals surface area (Å²) in [6.45, 7) is 5.92. The van der Waals surface area contributed by atoms with Crippen molar-refractivity contribution in [1.82, 2.24) is 10.2 Å². The average Bonchev–Trinajstić information content (AvgIpc) is 2.50. The number of hydrogen-bond acceptors (Lipinski definition) is 5. The van der Waals surface area contributed by atoms with Gasteiger partial charge in [-0.2, -0.15) is 10.4 Å². The number of rotatable bonds is 4. The maximum atomic E-state index is 9.42. The van der Waals surface area contributed by atoms with Crippen LogP contribution in [0.25, 0.3) is 0 Å². The normalized spacial score (nSPS) is 10.2. The molecule has 0 amide bonds. The van der Waals surface area contributed by atoms with E-state index in [9.17, 15) is 5.26 Å². The molecule has 5 heteroatoms. The Morgan fingerprint density at radius 3 is 2.62 bits per heavy atom. The molecule has 1 aromatic carbocycles. The Bertz CT molecular complexity index is 704. The van der Waals surface area contributed by atoms with Crippen molar-refractivity contribution in [2.45, 2.75) is 33.6 Å². The molecule has 0 unspecified atom stereocenters. The Morgan fingerprint density at radius 1 is 1.24 bits per heavy atom. The predicted molar refractivity (Wildman–Crippen MR) is 81.2 cm³/mol. The van der Waals surface area contributed by atoms with Crippen molar-refractivity contribution < 1.29 is 4.74 Å². The van der Waals surface area contributed by atoms with Gasteiger partial charge in [-0.1, -0.05) is 19.9 Å². The van der Waals surface area contributed by atoms with E-state index in [0.717, 1.165) is 23.2 Å². The Morgan fingerprint density at radius 2 is 2.00 bits per heavy atom. The molecule has 0 radical (unpaired) electrons. The summed E-state index contributed by atoms with van der Waals surface area (Å²) in [5.41, 5.74) is 9.58. The molecule has 1 heterocycles. The lowest BCUT2D eigenvalue weighted by molar-refractivity contribution is 0.452. The number of hydrogen-bond donors (Lipinski definition) is 1. The molecule has 21 heavy (non-hydrogen) atoms. The van der Waals surface area contributed by atoms with Crippen molar-refractivity contribution in [2.24, 2.45) is 0 Å². The van der Waals surface area contributed by atoms with Crippen LogP contribution in [0.1, 0.15) is 36.2 Å². The number of aryl methyl sites for hydroxylation is 2. The molecule has 108 valence electrons. The highest BCUT2D eigenvalue weighted by molar-refractivity contribution is 5.56. The van der Waals surface area contributed by atoms with Gasteiger partial charge in [0.1, 0.15) is 11.6 Å². The molecule has 1 aromatic heterocycles. The summed E-state index contributed by atoms with van der Waals surface area (Å²) in [5, 5.41) is 17.6. The molecule has 0 saturated carbocycles. The van der Waals surface area contributed by atoms with Crippen LogP contribution in [-0.4, -0.2) is 10.2 Å². The number of nitrogens with two attached hydrogens (primary N) is 1. The highest BCUT2D eigenvalue weighted by Crippen LogP contribution is 2.30. The van der Waals surface area contributed by atoms with Crippen molar-refractivity contribution in [2.75, 3.05) is 5.73 Å². The number of ether oxygens (including phenoxy) is 1. The number of anilines is 1. The van der Waals surface area contributed by atoms with Crippen LogP contribution in [0.5, 0.6) is 11.6 Å². The molecule has 2 N–H and O–H groups in total. The number of nitriles is 1. The molecule has 5 nitrogen and oxygen atoms in total. The minimum absolute atomic E-state index is 0.212. The highest BCUT2D eigenvalue weighted by Gasteiger charge is 2.16. The highest BCUT2D eigenvalue weighted by atomic mass is 16.5. The largest absolute Gasteiger partial charge is 0.434 e. The molecular formula is C16H18N4O. The van der Waals surface area contributed by atoms with E-state index in [1.165, 1.54) is 0 Å². The first-order valence-corrected chi connectivity index (χ1v) is 6.93. The molecule has 0 aliphatic rings. The van der Waals surface area contributed by atoms with Crippen LogP contribution in [0.15, 0.2) is 18.2 Å². The van der Waals surface area contributed by atoms with Gasteiger partial charge in [0.15, 0.2) is 5.75 Å². The third-order valence-corrected chi connectivity index (χ3v) is 3.30. The first-order valence-electron chi connectivity index (χ1n) is 6.93. The average molecular weight is 282 g/mol. The fourth-order valence-electron chi connectivity index (χ4n) is 2.18. The SMILES string of the molecule is CCc1nnc(Oc2cc(C)ccc2N)c(C#N)c1CC. The van der Waals surface area contributed by atoms with Gasteiger partial charge < -0.3 is 10.5 Å². The van der Waals surface area contributed by atoms with Gasteiger partial charge in [-0.15, -0.1) is 5.10 Å². The van der Waals surface area contributed by atoms with E-state index in [0.29, 0.717) is 23.4 Å². The van der Waals surface area contributed by atoms with Crippen molar-refractivity contribution in [3.63, 3.8) is 0 Å². The molecule has 0 atom stereocenters. The predicted octanol–water partition coefficient (Wildman–Crippen LogP) is 3.16.